The number of hydrogen-bond donors (Lipinski definition) is 0. The number of nitrogens with zero attached hydrogens (tertiary/aromatic N) is 3. The van der Waals surface area contributed by atoms with Crippen LogP contribution in [0.25, 0.3) is 11.1 Å². The average molecular weight is 576 g/mol. The van der Waals surface area contributed by atoms with Crippen LogP contribution in [0, 0.1) is 0 Å². The van der Waals surface area contributed by atoms with Crippen molar-refractivity contribution in [2.75, 3.05) is 26.7 Å². The zero-order valence-corrected chi connectivity index (χ0v) is 24.5. The Hall–Kier alpha value is -4.62. The number of oxazole rings is 1. The maximum atomic E-state index is 13.8. The molecule has 220 valence electrons. The summed E-state index contributed by atoms with van der Waals surface area (Å²) in [7, 11) is 1.89. The van der Waals surface area contributed by atoms with Crippen molar-refractivity contribution in [2.24, 2.45) is 0 Å². The molecule has 1 amide bonds. The lowest BCUT2D eigenvalue weighted by atomic mass is 10.0. The van der Waals surface area contributed by atoms with Gasteiger partial charge in [0.05, 0.1) is 24.5 Å². The fourth-order valence-corrected chi connectivity index (χ4v) is 5.82. The second kappa shape index (κ2) is 13.1. The van der Waals surface area contributed by atoms with Crippen molar-refractivity contribution in [3.8, 4) is 5.75 Å². The molecule has 0 spiro atoms. The van der Waals surface area contributed by atoms with E-state index in [1.807, 2.05) is 96.9 Å². The molecule has 1 fully saturated rings. The van der Waals surface area contributed by atoms with Crippen LogP contribution in [-0.2, 0) is 24.4 Å². The fraction of sp³-hybridized carbons (Fsp3) is 0.278. The van der Waals surface area contributed by atoms with Gasteiger partial charge in [0, 0.05) is 13.6 Å². The highest BCUT2D eigenvalue weighted by atomic mass is 16.5. The number of hydrogen-bond acceptors (Lipinski definition) is 5. The number of amides is 1. The largest absolute Gasteiger partial charge is 0.489 e. The lowest BCUT2D eigenvalue weighted by Gasteiger charge is -2.32. The van der Waals surface area contributed by atoms with Crippen LogP contribution in [0.5, 0.6) is 5.75 Å². The van der Waals surface area contributed by atoms with Gasteiger partial charge in [0.15, 0.2) is 5.58 Å². The molecule has 1 aliphatic rings. The maximum absolute atomic E-state index is 13.8. The highest BCUT2D eigenvalue weighted by molar-refractivity contribution is 5.81. The second-order valence-corrected chi connectivity index (χ2v) is 11.3. The number of aromatic nitrogens is 1. The Morgan fingerprint density at radius 2 is 1.58 bits per heavy atom. The minimum Gasteiger partial charge on any atom is -0.489 e. The molecule has 7 nitrogen and oxygen atoms in total. The van der Waals surface area contributed by atoms with Crippen molar-refractivity contribution in [2.45, 2.75) is 38.5 Å². The highest BCUT2D eigenvalue weighted by Crippen LogP contribution is 2.28. The van der Waals surface area contributed by atoms with Crippen molar-refractivity contribution in [1.82, 2.24) is 14.4 Å². The average Bonchev–Trinajstić information content (AvgIpc) is 3.67. The third-order valence-corrected chi connectivity index (χ3v) is 8.25. The van der Waals surface area contributed by atoms with E-state index in [1.165, 1.54) is 12.8 Å². The lowest BCUT2D eigenvalue weighted by Crippen LogP contribution is -2.39. The van der Waals surface area contributed by atoms with Gasteiger partial charge in [-0.05, 0) is 72.5 Å². The van der Waals surface area contributed by atoms with E-state index in [0.29, 0.717) is 24.3 Å². The molecule has 1 saturated heterocycles. The van der Waals surface area contributed by atoms with E-state index in [2.05, 4.69) is 17.0 Å². The summed E-state index contributed by atoms with van der Waals surface area (Å²) in [6.07, 6.45) is 2.58. The Morgan fingerprint density at radius 3 is 2.33 bits per heavy atom. The number of fused-ring (bicyclic) bond motifs is 1. The zero-order valence-electron chi connectivity index (χ0n) is 24.5. The smallest absolute Gasteiger partial charge is 0.420 e. The molecule has 2 heterocycles. The quantitative estimate of drug-likeness (QED) is 0.192. The first-order valence-corrected chi connectivity index (χ1v) is 14.9. The minimum absolute atomic E-state index is 0.0135. The maximum Gasteiger partial charge on any atom is 0.420 e. The van der Waals surface area contributed by atoms with Crippen molar-refractivity contribution >= 4 is 17.0 Å². The van der Waals surface area contributed by atoms with E-state index < -0.39 is 5.76 Å². The predicted molar refractivity (Wildman–Crippen MR) is 168 cm³/mol. The minimum atomic E-state index is -0.403. The molecule has 43 heavy (non-hydrogen) atoms. The zero-order chi connectivity index (χ0) is 29.6. The standard InChI is InChI=1S/C36H37N3O4/c1-37(35(40)22-29-17-18-34-32(21-29)39(36(41)43-34)24-27-11-4-2-5-12-27)33(25-38-19-8-9-20-38)30-15-10-16-31(23-30)42-26-28-13-6-3-7-14-28/h2-7,10-18,21,23,33H,8-9,19-20,22,24-26H2,1H3/t33-/m1/s1. The van der Waals surface area contributed by atoms with Gasteiger partial charge in [-0.1, -0.05) is 78.9 Å². The first kappa shape index (κ1) is 28.5. The number of ether oxygens (including phenoxy) is 1. The van der Waals surface area contributed by atoms with Gasteiger partial charge in [-0.3, -0.25) is 9.36 Å². The van der Waals surface area contributed by atoms with E-state index >= 15 is 0 Å². The summed E-state index contributed by atoms with van der Waals surface area (Å²) in [6.45, 7) is 3.74. The molecular weight excluding hydrogens is 538 g/mol. The number of likely N-dealkylation sites (N-methyl/N-ethyl adjacent to an activating group) is 1. The summed E-state index contributed by atoms with van der Waals surface area (Å²) in [5.74, 6) is 0.398. The van der Waals surface area contributed by atoms with Crippen LogP contribution >= 0.6 is 0 Å². The molecule has 7 heteroatoms. The molecule has 0 unspecified atom stereocenters. The molecule has 0 N–H and O–H groups in total. The molecule has 4 aromatic carbocycles. The molecule has 5 aromatic rings. The van der Waals surface area contributed by atoms with Crippen LogP contribution in [0.4, 0.5) is 0 Å². The van der Waals surface area contributed by atoms with Crippen molar-refractivity contribution in [1.29, 1.82) is 0 Å². The third kappa shape index (κ3) is 6.89. The van der Waals surface area contributed by atoms with E-state index in [0.717, 1.165) is 47.6 Å². The topological polar surface area (TPSA) is 67.9 Å². The summed E-state index contributed by atoms with van der Waals surface area (Å²) >= 11 is 0. The van der Waals surface area contributed by atoms with Gasteiger partial charge < -0.3 is 19.0 Å². The first-order valence-electron chi connectivity index (χ1n) is 14.9. The first-order chi connectivity index (χ1) is 21.0. The number of rotatable bonds is 11. The van der Waals surface area contributed by atoms with Gasteiger partial charge in [-0.25, -0.2) is 4.79 Å². The molecular formula is C36H37N3O4. The predicted octanol–water partition coefficient (Wildman–Crippen LogP) is 6.06. The number of benzene rings is 4. The SMILES string of the molecule is CN(C(=O)Cc1ccc2oc(=O)n(Cc3ccccc3)c2c1)[C@H](CN1CCCC1)c1cccc(OCc2ccccc2)c1. The molecule has 1 atom stereocenters. The summed E-state index contributed by atoms with van der Waals surface area (Å²) in [5.41, 5.74) is 5.22. The molecule has 0 aliphatic carbocycles. The molecule has 1 aliphatic heterocycles. The normalized spacial score (nSPS) is 14.2. The van der Waals surface area contributed by atoms with Gasteiger partial charge in [-0.2, -0.15) is 0 Å². The van der Waals surface area contributed by atoms with Crippen LogP contribution in [-0.4, -0.2) is 47.0 Å². The van der Waals surface area contributed by atoms with E-state index in [4.69, 9.17) is 9.15 Å². The number of carbonyl (C=O) groups is 1. The van der Waals surface area contributed by atoms with Crippen molar-refractivity contribution < 1.29 is 13.9 Å². The molecule has 0 saturated carbocycles. The van der Waals surface area contributed by atoms with Gasteiger partial charge in [-0.15, -0.1) is 0 Å². The van der Waals surface area contributed by atoms with Crippen LogP contribution in [0.1, 0.15) is 41.1 Å². The van der Waals surface area contributed by atoms with Crippen LogP contribution in [0.15, 0.2) is 112 Å². The molecule has 0 radical (unpaired) electrons. The van der Waals surface area contributed by atoms with Gasteiger partial charge in [0.2, 0.25) is 5.91 Å². The molecule has 1 aromatic heterocycles. The van der Waals surface area contributed by atoms with Crippen LogP contribution < -0.4 is 10.5 Å². The third-order valence-electron chi connectivity index (χ3n) is 8.25. The highest BCUT2D eigenvalue weighted by Gasteiger charge is 2.26. The van der Waals surface area contributed by atoms with Crippen LogP contribution in [0.3, 0.4) is 0 Å². The fourth-order valence-electron chi connectivity index (χ4n) is 5.82. The Morgan fingerprint density at radius 1 is 0.860 bits per heavy atom. The lowest BCUT2D eigenvalue weighted by molar-refractivity contribution is -0.131. The van der Waals surface area contributed by atoms with Gasteiger partial charge >= 0.3 is 5.76 Å². The summed E-state index contributed by atoms with van der Waals surface area (Å²) < 4.78 is 13.3. The van der Waals surface area contributed by atoms with E-state index in [-0.39, 0.29) is 18.4 Å². The monoisotopic (exact) mass is 575 g/mol. The van der Waals surface area contributed by atoms with Gasteiger partial charge in [0.25, 0.3) is 0 Å². The number of carbonyl (C=O) groups excluding carboxylic acids is 1. The van der Waals surface area contributed by atoms with Crippen molar-refractivity contribution in [3.63, 3.8) is 0 Å². The van der Waals surface area contributed by atoms with Gasteiger partial charge in [0.1, 0.15) is 12.4 Å². The summed E-state index contributed by atoms with van der Waals surface area (Å²) in [5, 5.41) is 0. The Bertz CT molecular complexity index is 1720. The molecule has 0 bridgehead atoms. The Labute approximate surface area is 251 Å². The summed E-state index contributed by atoms with van der Waals surface area (Å²) in [6, 6.07) is 33.5. The molecule has 6 rings (SSSR count). The summed E-state index contributed by atoms with van der Waals surface area (Å²) in [4.78, 5) is 30.8. The Balaban J connectivity index is 1.21. The van der Waals surface area contributed by atoms with E-state index in [9.17, 15) is 9.59 Å². The second-order valence-electron chi connectivity index (χ2n) is 11.3. The van der Waals surface area contributed by atoms with Crippen molar-refractivity contribution in [3.05, 3.63) is 136 Å². The van der Waals surface area contributed by atoms with E-state index in [1.54, 1.807) is 10.6 Å². The Kier molecular flexibility index (Phi) is 8.70. The number of likely N-dealkylation sites (tertiary alicyclic amines) is 1. The van der Waals surface area contributed by atoms with Crippen LogP contribution in [0.2, 0.25) is 0 Å².